The van der Waals surface area contributed by atoms with E-state index in [0.717, 1.165) is 9.47 Å². The Kier molecular flexibility index (Phi) is 6.16. The van der Waals surface area contributed by atoms with Gasteiger partial charge in [-0.15, -0.1) is 10.2 Å². The number of para-hydroxylation sites is 1. The van der Waals surface area contributed by atoms with Crippen LogP contribution in [-0.2, 0) is 9.53 Å². The van der Waals surface area contributed by atoms with Gasteiger partial charge in [-0.2, -0.15) is 8.78 Å². The van der Waals surface area contributed by atoms with Crippen molar-refractivity contribution < 1.29 is 27.5 Å². The van der Waals surface area contributed by atoms with Crippen molar-refractivity contribution in [3.05, 3.63) is 48.9 Å². The van der Waals surface area contributed by atoms with Crippen LogP contribution in [0.15, 0.2) is 58.5 Å². The molecule has 0 bridgehead atoms. The fourth-order valence-electron chi connectivity index (χ4n) is 2.51. The molecule has 0 unspecified atom stereocenters. The SMILES string of the molecule is CN(C(=O)C(F)(F)Sc1nnc(-c2ccoc2)n1C(=O)OC(C)(C)C)c1ccccc1. The molecule has 0 N–H and O–H groups in total. The van der Waals surface area contributed by atoms with Crippen LogP contribution >= 0.6 is 11.8 Å². The Bertz CT molecular complexity index is 1060. The highest BCUT2D eigenvalue weighted by molar-refractivity contribution is 8.01. The van der Waals surface area contributed by atoms with Gasteiger partial charge in [-0.3, -0.25) is 4.79 Å². The number of carbonyl (C=O) groups excluding carboxylic acids is 2. The number of nitrogens with zero attached hydrogens (tertiary/aromatic N) is 4. The van der Waals surface area contributed by atoms with E-state index in [2.05, 4.69) is 10.2 Å². The fraction of sp³-hybridized carbons (Fsp3) is 0.300. The maximum absolute atomic E-state index is 14.9. The molecule has 0 aliphatic heterocycles. The van der Waals surface area contributed by atoms with E-state index in [0.29, 0.717) is 11.3 Å². The summed E-state index contributed by atoms with van der Waals surface area (Å²) >= 11 is -0.191. The Morgan fingerprint density at radius 2 is 1.81 bits per heavy atom. The van der Waals surface area contributed by atoms with Crippen molar-refractivity contribution >= 4 is 29.4 Å². The largest absolute Gasteiger partial charge is 0.472 e. The van der Waals surface area contributed by atoms with E-state index in [9.17, 15) is 18.4 Å². The lowest BCUT2D eigenvalue weighted by Crippen LogP contribution is -2.39. The van der Waals surface area contributed by atoms with Gasteiger partial charge >= 0.3 is 17.3 Å². The van der Waals surface area contributed by atoms with Gasteiger partial charge in [0.1, 0.15) is 11.9 Å². The number of carbonyl (C=O) groups is 2. The summed E-state index contributed by atoms with van der Waals surface area (Å²) in [7, 11) is 1.24. The summed E-state index contributed by atoms with van der Waals surface area (Å²) in [4.78, 5) is 26.1. The van der Waals surface area contributed by atoms with E-state index in [1.807, 2.05) is 0 Å². The van der Waals surface area contributed by atoms with Crippen molar-refractivity contribution in [3.8, 4) is 11.4 Å². The summed E-state index contributed by atoms with van der Waals surface area (Å²) in [5.74, 6) is -1.53. The molecular weight excluding hydrogens is 430 g/mol. The first-order valence-corrected chi connectivity index (χ1v) is 9.92. The van der Waals surface area contributed by atoms with Crippen LogP contribution in [-0.4, -0.2) is 44.7 Å². The van der Waals surface area contributed by atoms with E-state index in [4.69, 9.17) is 9.15 Å². The quantitative estimate of drug-likeness (QED) is 0.522. The van der Waals surface area contributed by atoms with Crippen molar-refractivity contribution in [2.45, 2.75) is 36.8 Å². The van der Waals surface area contributed by atoms with Gasteiger partial charge < -0.3 is 14.1 Å². The van der Waals surface area contributed by atoms with Crippen LogP contribution in [0.25, 0.3) is 11.4 Å². The number of furan rings is 1. The Morgan fingerprint density at radius 3 is 2.39 bits per heavy atom. The zero-order valence-corrected chi connectivity index (χ0v) is 18.0. The molecule has 0 aliphatic rings. The minimum absolute atomic E-state index is 0.0508. The highest BCUT2D eigenvalue weighted by Gasteiger charge is 2.45. The predicted octanol–water partition coefficient (Wildman–Crippen LogP) is 4.67. The Hall–Kier alpha value is -3.21. The van der Waals surface area contributed by atoms with Crippen LogP contribution in [0, 0.1) is 0 Å². The van der Waals surface area contributed by atoms with Gasteiger partial charge in [-0.25, -0.2) is 9.36 Å². The molecule has 164 valence electrons. The number of hydrogen-bond acceptors (Lipinski definition) is 7. The van der Waals surface area contributed by atoms with Crippen molar-refractivity contribution in [1.29, 1.82) is 0 Å². The van der Waals surface area contributed by atoms with Gasteiger partial charge in [-0.05, 0) is 50.7 Å². The number of alkyl halides is 2. The molecule has 0 radical (unpaired) electrons. The molecule has 2 heterocycles. The first kappa shape index (κ1) is 22.5. The maximum atomic E-state index is 14.9. The Morgan fingerprint density at radius 1 is 1.13 bits per heavy atom. The molecule has 0 aliphatic carbocycles. The molecule has 1 amide bonds. The van der Waals surface area contributed by atoms with Crippen molar-refractivity contribution in [1.82, 2.24) is 14.8 Å². The molecule has 0 saturated heterocycles. The highest BCUT2D eigenvalue weighted by atomic mass is 32.2. The third-order valence-electron chi connectivity index (χ3n) is 3.91. The number of rotatable bonds is 5. The number of thioether (sulfide) groups is 1. The first-order valence-electron chi connectivity index (χ1n) is 9.11. The topological polar surface area (TPSA) is 90.5 Å². The van der Waals surface area contributed by atoms with Gasteiger partial charge in [0.2, 0.25) is 5.16 Å². The lowest BCUT2D eigenvalue weighted by Gasteiger charge is -2.23. The van der Waals surface area contributed by atoms with E-state index in [1.165, 1.54) is 37.8 Å². The molecular formula is C20H20F2N4O4S. The Labute approximate surface area is 181 Å². The highest BCUT2D eigenvalue weighted by Crippen LogP contribution is 2.38. The summed E-state index contributed by atoms with van der Waals surface area (Å²) in [6, 6.07) is 9.50. The average molecular weight is 450 g/mol. The molecule has 0 atom stereocenters. The lowest BCUT2D eigenvalue weighted by molar-refractivity contribution is -0.131. The molecule has 0 saturated carbocycles. The summed E-state index contributed by atoms with van der Waals surface area (Å²) in [5, 5.41) is 3.10. The molecule has 0 fully saturated rings. The summed E-state index contributed by atoms with van der Waals surface area (Å²) in [6.07, 6.45) is 1.66. The second kappa shape index (κ2) is 8.50. The van der Waals surface area contributed by atoms with E-state index >= 15 is 0 Å². The zero-order chi connectivity index (χ0) is 22.8. The second-order valence-electron chi connectivity index (χ2n) is 7.45. The molecule has 8 nitrogen and oxygen atoms in total. The van der Waals surface area contributed by atoms with E-state index < -0.39 is 28.0 Å². The number of benzene rings is 1. The van der Waals surface area contributed by atoms with Crippen molar-refractivity contribution in [2.24, 2.45) is 0 Å². The van der Waals surface area contributed by atoms with Crippen LogP contribution < -0.4 is 4.90 Å². The fourth-order valence-corrected chi connectivity index (χ4v) is 3.30. The van der Waals surface area contributed by atoms with Crippen LogP contribution in [0.5, 0.6) is 0 Å². The van der Waals surface area contributed by atoms with Gasteiger partial charge in [0, 0.05) is 12.7 Å². The van der Waals surface area contributed by atoms with Crippen molar-refractivity contribution in [2.75, 3.05) is 11.9 Å². The number of aromatic nitrogens is 3. The average Bonchev–Trinajstić information content (AvgIpc) is 3.35. The normalized spacial score (nSPS) is 11.9. The number of halogens is 2. The van der Waals surface area contributed by atoms with Crippen LogP contribution in [0.4, 0.5) is 19.3 Å². The summed E-state index contributed by atoms with van der Waals surface area (Å²) in [6.45, 7) is 4.89. The summed E-state index contributed by atoms with van der Waals surface area (Å²) in [5.41, 5.74) is -0.273. The minimum Gasteiger partial charge on any atom is -0.472 e. The maximum Gasteiger partial charge on any atom is 0.422 e. The molecule has 1 aromatic carbocycles. The number of hydrogen-bond donors (Lipinski definition) is 0. The lowest BCUT2D eigenvalue weighted by atomic mass is 10.2. The minimum atomic E-state index is -3.94. The zero-order valence-electron chi connectivity index (χ0n) is 17.2. The molecule has 11 heteroatoms. The number of ether oxygens (including phenoxy) is 1. The summed E-state index contributed by atoms with van der Waals surface area (Å²) < 4.78 is 40.9. The monoisotopic (exact) mass is 450 g/mol. The van der Waals surface area contributed by atoms with Crippen molar-refractivity contribution in [3.63, 3.8) is 0 Å². The molecule has 3 rings (SSSR count). The Balaban J connectivity index is 1.94. The molecule has 0 spiro atoms. The smallest absolute Gasteiger partial charge is 0.422 e. The number of amides is 1. The molecule has 2 aromatic heterocycles. The molecule has 31 heavy (non-hydrogen) atoms. The predicted molar refractivity (Wildman–Crippen MR) is 110 cm³/mol. The van der Waals surface area contributed by atoms with E-state index in [-0.39, 0.29) is 17.6 Å². The van der Waals surface area contributed by atoms with Crippen LogP contribution in [0.1, 0.15) is 20.8 Å². The van der Waals surface area contributed by atoms with Gasteiger partial charge in [-0.1, -0.05) is 18.2 Å². The van der Waals surface area contributed by atoms with Crippen LogP contribution in [0.2, 0.25) is 0 Å². The second-order valence-corrected chi connectivity index (χ2v) is 8.53. The standard InChI is InChI=1S/C20H20F2N4O4S/c1-19(2,3)30-18(28)26-15(13-10-11-29-12-13)23-24-17(26)31-20(21,22)16(27)25(4)14-8-6-5-7-9-14/h5-12H,1-4H3. The molecule has 3 aromatic rings. The first-order chi connectivity index (χ1) is 14.5. The third kappa shape index (κ3) is 5.10. The van der Waals surface area contributed by atoms with Gasteiger partial charge in [0.05, 0.1) is 11.8 Å². The van der Waals surface area contributed by atoms with Gasteiger partial charge in [0.15, 0.2) is 5.82 Å². The third-order valence-corrected chi connectivity index (χ3v) is 4.78. The number of anilines is 1. The van der Waals surface area contributed by atoms with Gasteiger partial charge in [0.25, 0.3) is 0 Å². The van der Waals surface area contributed by atoms with Crippen LogP contribution in [0.3, 0.4) is 0 Å². The van der Waals surface area contributed by atoms with E-state index in [1.54, 1.807) is 39.0 Å².